The van der Waals surface area contributed by atoms with Gasteiger partial charge in [0.05, 0.1) is 0 Å². The maximum absolute atomic E-state index is 2.08. The van der Waals surface area contributed by atoms with Crippen LogP contribution in [-0.2, 0) is 26.2 Å². The van der Waals surface area contributed by atoms with E-state index in [2.05, 4.69) is 38.1 Å². The summed E-state index contributed by atoms with van der Waals surface area (Å²) >= 11 is 0. The van der Waals surface area contributed by atoms with E-state index in [0.29, 0.717) is 0 Å². The van der Waals surface area contributed by atoms with Crippen LogP contribution in [0.1, 0.15) is 11.1 Å². The fraction of sp³-hybridized carbons (Fsp3) is 0.154. The molecule has 2 rings (SSSR count). The molecule has 2 aromatic carbocycles. The van der Waals surface area contributed by atoms with Gasteiger partial charge in [0.15, 0.2) is 0 Å². The fourth-order valence-electron chi connectivity index (χ4n) is 0.940. The average molecular weight is 265 g/mol. The summed E-state index contributed by atoms with van der Waals surface area (Å²) in [5, 5.41) is 0. The third-order valence-corrected chi connectivity index (χ3v) is 1.66. The molecule has 2 aromatic rings. The molecule has 0 nitrogen and oxygen atoms in total. The van der Waals surface area contributed by atoms with Crippen molar-refractivity contribution in [3.63, 3.8) is 0 Å². The fourth-order valence-corrected chi connectivity index (χ4v) is 0.940. The standard InChI is InChI=1S/2C6H7.CH3.Zr/c2*1-6-4-2-3-5-6;;/h2*2-5H,1H3;1H3;/q3*-1;+3. The van der Waals surface area contributed by atoms with Crippen molar-refractivity contribution in [2.24, 2.45) is 0 Å². The zero-order valence-electron chi connectivity index (χ0n) is 9.12. The van der Waals surface area contributed by atoms with Crippen LogP contribution in [0.5, 0.6) is 0 Å². The van der Waals surface area contributed by atoms with Gasteiger partial charge in [0.2, 0.25) is 0 Å². The van der Waals surface area contributed by atoms with E-state index in [1.807, 2.05) is 24.3 Å². The smallest absolute Gasteiger partial charge is 0.358 e. The first-order valence-electron chi connectivity index (χ1n) is 4.15. The Hall–Kier alpha value is -0.417. The predicted molar refractivity (Wildman–Crippen MR) is 60.0 cm³/mol. The van der Waals surface area contributed by atoms with Gasteiger partial charge < -0.3 is 7.43 Å². The molecule has 0 aliphatic heterocycles. The molecule has 1 heteroatoms. The van der Waals surface area contributed by atoms with Gasteiger partial charge in [-0.25, -0.2) is 24.3 Å². The third kappa shape index (κ3) is 7.03. The zero-order valence-corrected chi connectivity index (χ0v) is 11.6. The number of hydrogen-bond donors (Lipinski definition) is 0. The summed E-state index contributed by atoms with van der Waals surface area (Å²) in [5.41, 5.74) is 2.69. The maximum atomic E-state index is 2.08. The normalized spacial score (nSPS) is 7.57. The molecule has 1 radical (unpaired) electrons. The Morgan fingerprint density at radius 3 is 0.929 bits per heavy atom. The minimum Gasteiger partial charge on any atom is -0.358 e. The third-order valence-electron chi connectivity index (χ3n) is 1.66. The molecule has 0 fully saturated rings. The first-order valence-corrected chi connectivity index (χ1v) is 4.15. The van der Waals surface area contributed by atoms with Crippen LogP contribution >= 0.6 is 0 Å². The first kappa shape index (κ1) is 16.0. The van der Waals surface area contributed by atoms with E-state index in [9.17, 15) is 0 Å². The molecule has 0 spiro atoms. The van der Waals surface area contributed by atoms with Gasteiger partial charge in [0.1, 0.15) is 0 Å². The van der Waals surface area contributed by atoms with E-state index in [1.54, 1.807) is 0 Å². The van der Waals surface area contributed by atoms with Crippen LogP contribution in [0, 0.1) is 21.3 Å². The Kier molecular flexibility index (Phi) is 10.5. The number of aryl methyl sites for hydroxylation is 2. The van der Waals surface area contributed by atoms with Crippen LogP contribution in [0.25, 0.3) is 0 Å². The van der Waals surface area contributed by atoms with Gasteiger partial charge in [0.25, 0.3) is 0 Å². The molecule has 0 amide bonds. The van der Waals surface area contributed by atoms with Gasteiger partial charge >= 0.3 is 26.2 Å². The van der Waals surface area contributed by atoms with E-state index in [0.717, 1.165) is 0 Å². The monoisotopic (exact) mass is 263 g/mol. The van der Waals surface area contributed by atoms with Crippen molar-refractivity contribution in [1.29, 1.82) is 0 Å². The molecular formula is C13H17Zr. The van der Waals surface area contributed by atoms with Crippen molar-refractivity contribution in [1.82, 2.24) is 0 Å². The Balaban J connectivity index is 0. The van der Waals surface area contributed by atoms with E-state index in [-0.39, 0.29) is 33.6 Å². The van der Waals surface area contributed by atoms with Crippen LogP contribution in [-0.4, -0.2) is 0 Å². The van der Waals surface area contributed by atoms with Crippen LogP contribution in [0.15, 0.2) is 48.5 Å². The molecule has 0 bridgehead atoms. The Morgan fingerprint density at radius 2 is 0.857 bits per heavy atom. The van der Waals surface area contributed by atoms with E-state index in [4.69, 9.17) is 0 Å². The zero-order chi connectivity index (χ0) is 8.81. The van der Waals surface area contributed by atoms with Crippen molar-refractivity contribution in [2.45, 2.75) is 13.8 Å². The SMILES string of the molecule is C[c-]1cccc1.C[c-]1cccc1.[CH3-].[Zr+3]. The number of hydrogen-bond acceptors (Lipinski definition) is 0. The van der Waals surface area contributed by atoms with Gasteiger partial charge in [-0.1, -0.05) is 13.8 Å². The van der Waals surface area contributed by atoms with Crippen molar-refractivity contribution < 1.29 is 26.2 Å². The predicted octanol–water partition coefficient (Wildman–Crippen LogP) is 3.88. The summed E-state index contributed by atoms with van der Waals surface area (Å²) in [4.78, 5) is 0. The van der Waals surface area contributed by atoms with Gasteiger partial charge in [0, 0.05) is 0 Å². The Labute approximate surface area is 107 Å². The Bertz CT molecular complexity index is 245. The molecule has 14 heavy (non-hydrogen) atoms. The summed E-state index contributed by atoms with van der Waals surface area (Å²) < 4.78 is 0. The topological polar surface area (TPSA) is 0 Å². The van der Waals surface area contributed by atoms with Gasteiger partial charge in [-0.15, -0.1) is 0 Å². The summed E-state index contributed by atoms with van der Waals surface area (Å²) in [6, 6.07) is 16.5. The van der Waals surface area contributed by atoms with Crippen LogP contribution < -0.4 is 0 Å². The van der Waals surface area contributed by atoms with E-state index in [1.165, 1.54) is 11.1 Å². The van der Waals surface area contributed by atoms with Crippen molar-refractivity contribution >= 4 is 0 Å². The molecule has 73 valence electrons. The summed E-state index contributed by atoms with van der Waals surface area (Å²) in [6.07, 6.45) is 0. The second-order valence-electron chi connectivity index (χ2n) is 2.92. The maximum Gasteiger partial charge on any atom is 3.00 e. The second kappa shape index (κ2) is 9.15. The van der Waals surface area contributed by atoms with Gasteiger partial charge in [-0.05, 0) is 0 Å². The first-order chi connectivity index (χ1) is 5.79. The molecule has 0 saturated carbocycles. The summed E-state index contributed by atoms with van der Waals surface area (Å²) in [6.45, 7) is 4.17. The van der Waals surface area contributed by atoms with Crippen LogP contribution in [0.2, 0.25) is 0 Å². The van der Waals surface area contributed by atoms with Crippen molar-refractivity contribution in [2.75, 3.05) is 0 Å². The van der Waals surface area contributed by atoms with Crippen LogP contribution in [0.3, 0.4) is 0 Å². The minimum absolute atomic E-state index is 0. The van der Waals surface area contributed by atoms with Gasteiger partial charge in [-0.3, -0.25) is 0 Å². The largest absolute Gasteiger partial charge is 3.00 e. The molecule has 0 heterocycles. The molecule has 0 N–H and O–H groups in total. The summed E-state index contributed by atoms with van der Waals surface area (Å²) in [5.74, 6) is 0. The molecule has 0 unspecified atom stereocenters. The molecular weight excluding hydrogens is 247 g/mol. The number of rotatable bonds is 0. The molecule has 0 aliphatic rings. The second-order valence-corrected chi connectivity index (χ2v) is 2.92. The molecule has 0 aromatic heterocycles. The quantitative estimate of drug-likeness (QED) is 0.634. The molecule has 0 aliphatic carbocycles. The van der Waals surface area contributed by atoms with E-state index >= 15 is 0 Å². The average Bonchev–Trinajstić information content (AvgIpc) is 2.63. The minimum atomic E-state index is 0. The molecule has 0 saturated heterocycles. The Morgan fingerprint density at radius 1 is 0.643 bits per heavy atom. The van der Waals surface area contributed by atoms with Crippen molar-refractivity contribution in [3.8, 4) is 0 Å². The van der Waals surface area contributed by atoms with Crippen molar-refractivity contribution in [3.05, 3.63) is 67.1 Å². The summed E-state index contributed by atoms with van der Waals surface area (Å²) in [7, 11) is 0. The van der Waals surface area contributed by atoms with E-state index < -0.39 is 0 Å². The van der Waals surface area contributed by atoms with Gasteiger partial charge in [-0.2, -0.15) is 35.4 Å². The molecule has 0 atom stereocenters. The van der Waals surface area contributed by atoms with Crippen LogP contribution in [0.4, 0.5) is 0 Å².